The molecule has 0 radical (unpaired) electrons. The highest BCUT2D eigenvalue weighted by Gasteiger charge is 2.26. The quantitative estimate of drug-likeness (QED) is 0.856. The molecule has 0 spiro atoms. The predicted octanol–water partition coefficient (Wildman–Crippen LogP) is 2.94. The molecule has 0 saturated carbocycles. The summed E-state index contributed by atoms with van der Waals surface area (Å²) in [4.78, 5) is 17.2. The van der Waals surface area contributed by atoms with Crippen LogP contribution in [0.4, 0.5) is 0 Å². The van der Waals surface area contributed by atoms with Crippen LogP contribution in [0.15, 0.2) is 16.7 Å². The molecule has 0 aromatic carbocycles. The van der Waals surface area contributed by atoms with Crippen molar-refractivity contribution < 1.29 is 9.32 Å². The normalized spacial score (nSPS) is 16.0. The Balaban J connectivity index is 1.63. The van der Waals surface area contributed by atoms with Gasteiger partial charge in [-0.3, -0.25) is 9.69 Å². The van der Waals surface area contributed by atoms with E-state index in [0.29, 0.717) is 6.04 Å². The molecule has 0 aliphatic carbocycles. The molecule has 6 heteroatoms. The molecule has 25 heavy (non-hydrogen) atoms. The van der Waals surface area contributed by atoms with Crippen LogP contribution in [-0.4, -0.2) is 51.6 Å². The zero-order valence-corrected chi connectivity index (χ0v) is 15.9. The molecular weight excluding hydrogens is 316 g/mol. The van der Waals surface area contributed by atoms with Crippen molar-refractivity contribution in [2.75, 3.05) is 26.2 Å². The van der Waals surface area contributed by atoms with Crippen LogP contribution < -0.4 is 0 Å². The third kappa shape index (κ3) is 3.63. The van der Waals surface area contributed by atoms with Crippen molar-refractivity contribution in [2.24, 2.45) is 0 Å². The summed E-state index contributed by atoms with van der Waals surface area (Å²) in [6, 6.07) is 4.37. The number of rotatable bonds is 4. The van der Waals surface area contributed by atoms with E-state index in [4.69, 9.17) is 4.52 Å². The summed E-state index contributed by atoms with van der Waals surface area (Å²) in [5.41, 5.74) is 4.01. The van der Waals surface area contributed by atoms with Crippen molar-refractivity contribution in [2.45, 2.75) is 47.2 Å². The van der Waals surface area contributed by atoms with Gasteiger partial charge in [-0.15, -0.1) is 0 Å². The van der Waals surface area contributed by atoms with E-state index in [2.05, 4.69) is 35.4 Å². The summed E-state index contributed by atoms with van der Waals surface area (Å²) in [6.45, 7) is 14.3. The van der Waals surface area contributed by atoms with E-state index in [1.807, 2.05) is 30.9 Å². The molecule has 1 amide bonds. The van der Waals surface area contributed by atoms with Crippen LogP contribution in [-0.2, 0) is 6.54 Å². The SMILES string of the molecule is Cc1cc(CN2CCN(C(=O)c3cc(C)n(C(C)C)c3C)CC2)no1. The molecule has 2 aromatic heterocycles. The van der Waals surface area contributed by atoms with Crippen LogP contribution in [0.3, 0.4) is 0 Å². The van der Waals surface area contributed by atoms with E-state index < -0.39 is 0 Å². The summed E-state index contributed by atoms with van der Waals surface area (Å²) in [5, 5.41) is 4.05. The largest absolute Gasteiger partial charge is 0.361 e. The van der Waals surface area contributed by atoms with Crippen molar-refractivity contribution in [1.29, 1.82) is 0 Å². The van der Waals surface area contributed by atoms with Crippen LogP contribution in [0, 0.1) is 20.8 Å². The highest BCUT2D eigenvalue weighted by Crippen LogP contribution is 2.22. The Morgan fingerprint density at radius 1 is 1.16 bits per heavy atom. The van der Waals surface area contributed by atoms with Crippen LogP contribution in [0.25, 0.3) is 0 Å². The zero-order chi connectivity index (χ0) is 18.1. The van der Waals surface area contributed by atoms with Gasteiger partial charge >= 0.3 is 0 Å². The number of piperazine rings is 1. The second kappa shape index (κ2) is 7.04. The second-order valence-corrected chi connectivity index (χ2v) is 7.25. The molecule has 6 nitrogen and oxygen atoms in total. The Morgan fingerprint density at radius 2 is 1.84 bits per heavy atom. The first kappa shape index (κ1) is 17.7. The number of aromatic nitrogens is 2. The second-order valence-electron chi connectivity index (χ2n) is 7.25. The highest BCUT2D eigenvalue weighted by atomic mass is 16.5. The average molecular weight is 344 g/mol. The van der Waals surface area contributed by atoms with Gasteiger partial charge in [0.25, 0.3) is 5.91 Å². The Hall–Kier alpha value is -2.08. The van der Waals surface area contributed by atoms with Crippen LogP contribution in [0.2, 0.25) is 0 Å². The van der Waals surface area contributed by atoms with E-state index in [9.17, 15) is 4.79 Å². The van der Waals surface area contributed by atoms with Gasteiger partial charge in [-0.05, 0) is 40.7 Å². The fourth-order valence-corrected chi connectivity index (χ4v) is 3.79. The van der Waals surface area contributed by atoms with Crippen molar-refractivity contribution in [1.82, 2.24) is 19.5 Å². The van der Waals surface area contributed by atoms with Gasteiger partial charge in [0.1, 0.15) is 5.76 Å². The Bertz CT molecular complexity index is 752. The van der Waals surface area contributed by atoms with Gasteiger partial charge in [0, 0.05) is 56.2 Å². The average Bonchev–Trinajstić information content (AvgIpc) is 3.10. The van der Waals surface area contributed by atoms with Crippen LogP contribution in [0.5, 0.6) is 0 Å². The van der Waals surface area contributed by atoms with Gasteiger partial charge in [-0.1, -0.05) is 5.16 Å². The van der Waals surface area contributed by atoms with Gasteiger partial charge in [0.05, 0.1) is 11.3 Å². The first-order valence-corrected chi connectivity index (χ1v) is 8.99. The predicted molar refractivity (Wildman–Crippen MR) is 96.7 cm³/mol. The molecule has 1 saturated heterocycles. The summed E-state index contributed by atoms with van der Waals surface area (Å²) in [6.07, 6.45) is 0. The molecule has 3 rings (SSSR count). The lowest BCUT2D eigenvalue weighted by molar-refractivity contribution is 0.0625. The molecule has 0 bridgehead atoms. The Kier molecular flexibility index (Phi) is 4.99. The van der Waals surface area contributed by atoms with E-state index >= 15 is 0 Å². The Morgan fingerprint density at radius 3 is 2.36 bits per heavy atom. The van der Waals surface area contributed by atoms with Crippen LogP contribution in [0.1, 0.15) is 53.1 Å². The third-order valence-electron chi connectivity index (χ3n) is 4.95. The molecule has 1 aliphatic rings. The molecule has 0 atom stereocenters. The van der Waals surface area contributed by atoms with E-state index in [0.717, 1.165) is 61.1 Å². The van der Waals surface area contributed by atoms with Gasteiger partial charge in [0.15, 0.2) is 0 Å². The Labute approximate surface area is 149 Å². The van der Waals surface area contributed by atoms with Gasteiger partial charge < -0.3 is 14.0 Å². The fourth-order valence-electron chi connectivity index (χ4n) is 3.79. The minimum absolute atomic E-state index is 0.150. The minimum atomic E-state index is 0.150. The fraction of sp³-hybridized carbons (Fsp3) is 0.579. The monoisotopic (exact) mass is 344 g/mol. The molecular formula is C19H28N4O2. The molecule has 2 aromatic rings. The van der Waals surface area contributed by atoms with Gasteiger partial charge in [-0.2, -0.15) is 0 Å². The number of hydrogen-bond acceptors (Lipinski definition) is 4. The minimum Gasteiger partial charge on any atom is -0.361 e. The number of carbonyl (C=O) groups excluding carboxylic acids is 1. The summed E-state index contributed by atoms with van der Waals surface area (Å²) >= 11 is 0. The maximum atomic E-state index is 12.9. The number of amides is 1. The molecule has 1 fully saturated rings. The summed E-state index contributed by atoms with van der Waals surface area (Å²) in [5.74, 6) is 0.987. The third-order valence-corrected chi connectivity index (χ3v) is 4.95. The lowest BCUT2D eigenvalue weighted by atomic mass is 10.2. The number of carbonyl (C=O) groups is 1. The van der Waals surface area contributed by atoms with Crippen LogP contribution >= 0.6 is 0 Å². The van der Waals surface area contributed by atoms with Gasteiger partial charge in [-0.25, -0.2) is 0 Å². The molecule has 0 unspecified atom stereocenters. The van der Waals surface area contributed by atoms with E-state index in [-0.39, 0.29) is 5.91 Å². The lowest BCUT2D eigenvalue weighted by Crippen LogP contribution is -2.48. The summed E-state index contributed by atoms with van der Waals surface area (Å²) < 4.78 is 7.36. The first-order valence-electron chi connectivity index (χ1n) is 8.99. The van der Waals surface area contributed by atoms with E-state index in [1.165, 1.54) is 0 Å². The van der Waals surface area contributed by atoms with Crippen molar-refractivity contribution in [3.63, 3.8) is 0 Å². The highest BCUT2D eigenvalue weighted by molar-refractivity contribution is 5.95. The number of nitrogens with zero attached hydrogens (tertiary/aromatic N) is 4. The van der Waals surface area contributed by atoms with Crippen molar-refractivity contribution >= 4 is 5.91 Å². The van der Waals surface area contributed by atoms with Crippen molar-refractivity contribution in [3.8, 4) is 0 Å². The topological polar surface area (TPSA) is 54.5 Å². The zero-order valence-electron chi connectivity index (χ0n) is 15.9. The molecule has 0 N–H and O–H groups in total. The van der Waals surface area contributed by atoms with Crippen molar-refractivity contribution in [3.05, 3.63) is 40.5 Å². The standard InChI is InChI=1S/C19H28N4O2/c1-13(2)23-14(3)10-18(16(23)5)19(24)22-8-6-21(7-9-22)12-17-11-15(4)25-20-17/h10-11,13H,6-9,12H2,1-5H3. The molecule has 3 heterocycles. The van der Waals surface area contributed by atoms with E-state index in [1.54, 1.807) is 0 Å². The first-order chi connectivity index (χ1) is 11.9. The number of hydrogen-bond donors (Lipinski definition) is 0. The molecule has 1 aliphatic heterocycles. The molecule has 136 valence electrons. The van der Waals surface area contributed by atoms with Gasteiger partial charge in [0.2, 0.25) is 0 Å². The summed E-state index contributed by atoms with van der Waals surface area (Å²) in [7, 11) is 0. The lowest BCUT2D eigenvalue weighted by Gasteiger charge is -2.34. The smallest absolute Gasteiger partial charge is 0.255 e. The maximum absolute atomic E-state index is 12.9. The maximum Gasteiger partial charge on any atom is 0.255 e. The number of aryl methyl sites for hydroxylation is 2.